The number of halogens is 8. The number of pyridine rings is 2. The minimum atomic E-state index is -1.31. The van der Waals surface area contributed by atoms with Gasteiger partial charge in [-0.05, 0) is 235 Å². The average Bonchev–Trinajstić information content (AvgIpc) is 1.39. The molecule has 114 heavy (non-hydrogen) atoms. The Bertz CT molecular complexity index is 6120. The minimum absolute atomic E-state index is 0. The van der Waals surface area contributed by atoms with Gasteiger partial charge >= 0.3 is 46.6 Å². The van der Waals surface area contributed by atoms with Gasteiger partial charge in [-0.3, -0.25) is 75.3 Å². The maximum atomic E-state index is 14.7. The maximum absolute atomic E-state index is 14.7. The zero-order valence-corrected chi connectivity index (χ0v) is 68.7. The second-order valence-corrected chi connectivity index (χ2v) is 30.6. The van der Waals surface area contributed by atoms with Crippen molar-refractivity contribution in [1.29, 1.82) is 0 Å². The van der Waals surface area contributed by atoms with Gasteiger partial charge in [0.1, 0.15) is 68.5 Å². The Balaban J connectivity index is 0.000000222. The van der Waals surface area contributed by atoms with E-state index in [0.717, 1.165) is 59.0 Å². The number of hydrogen-bond donors (Lipinski definition) is 6. The summed E-state index contributed by atoms with van der Waals surface area (Å²) >= 11 is 7.85. The number of hydrogen-bond acceptors (Lipinski definition) is 19. The molecule has 0 amide bonds. The molecule has 4 aliphatic rings. The van der Waals surface area contributed by atoms with Crippen molar-refractivity contribution in [3.63, 3.8) is 0 Å². The molecule has 4 saturated carbocycles. The Hall–Kier alpha value is -10.1. The smallest absolute Gasteiger partial charge is 0.337 e. The summed E-state index contributed by atoms with van der Waals surface area (Å²) < 4.78 is 75.4. The molecule has 31 nitrogen and oxygen atoms in total. The molecule has 0 saturated heterocycles. The van der Waals surface area contributed by atoms with Gasteiger partial charge in [0.15, 0.2) is 5.92 Å². The van der Waals surface area contributed by atoms with Gasteiger partial charge in [-0.1, -0.05) is 22.3 Å². The number of fused-ring (bicyclic) bond motifs is 2. The van der Waals surface area contributed by atoms with Crippen molar-refractivity contribution in [2.24, 2.45) is 20.0 Å². The number of anilines is 2. The van der Waals surface area contributed by atoms with Gasteiger partial charge in [-0.15, -0.1) is 0 Å². The SMILES string of the molecule is C.C.C.CC(=O)OC(C)=O.CC(C(=O)O)C(=O)O.CNc1cc(=O)n(-c2ccc(I)cc2F)c(=O)n1C1CC1.CNc1cc(=O)n(C2CC2)c(=O)n1-c1ccc(I)cc1F.Cc1c(O)c2c(=O)n(-c3ccc(I)cc3F)c(=O)n(C3CC3)c2n(C)c1=O.Cc1c(O)c2c(=O)n(C3CC3)c(=O)n(-c3ccc(I)cc3F)c2n(C)c1=O. The lowest BCUT2D eigenvalue weighted by Crippen LogP contribution is -2.41. The first kappa shape index (κ1) is 92.8. The molecular weight excluding hydrogens is 1960 g/mol. The summed E-state index contributed by atoms with van der Waals surface area (Å²) in [6, 6.07) is 19.7. The number of nitrogens with one attached hydrogen (secondary N) is 2. The van der Waals surface area contributed by atoms with Gasteiger partial charge < -0.3 is 35.8 Å². The number of esters is 2. The second-order valence-electron chi connectivity index (χ2n) is 25.7. The van der Waals surface area contributed by atoms with Crippen molar-refractivity contribution in [3.05, 3.63) is 238 Å². The third-order valence-electron chi connectivity index (χ3n) is 17.7. The van der Waals surface area contributed by atoms with Crippen LogP contribution in [0.15, 0.2) is 133 Å². The lowest BCUT2D eigenvalue weighted by Gasteiger charge is -2.18. The van der Waals surface area contributed by atoms with E-state index < -0.39 is 115 Å². The van der Waals surface area contributed by atoms with Crippen molar-refractivity contribution >= 4 is 148 Å². The zero-order valence-electron chi connectivity index (χ0n) is 60.0. The number of aliphatic carboxylic acids is 2. The Labute approximate surface area is 698 Å². The molecule has 6 aromatic heterocycles. The van der Waals surface area contributed by atoms with Crippen LogP contribution in [0.2, 0.25) is 0 Å². The predicted molar refractivity (Wildman–Crippen MR) is 453 cm³/mol. The fourth-order valence-corrected chi connectivity index (χ4v) is 13.4. The monoisotopic (exact) mass is 2040 g/mol. The van der Waals surface area contributed by atoms with E-state index in [1.807, 2.05) is 90.4 Å². The molecule has 4 fully saturated rings. The maximum Gasteiger partial charge on any atom is 0.337 e. The van der Waals surface area contributed by atoms with E-state index in [4.69, 9.17) is 10.2 Å². The van der Waals surface area contributed by atoms with E-state index in [-0.39, 0.29) is 114 Å². The number of rotatable bonds is 12. The largest absolute Gasteiger partial charge is 0.506 e. The van der Waals surface area contributed by atoms with Crippen LogP contribution in [0.4, 0.5) is 29.2 Å². The third kappa shape index (κ3) is 19.6. The normalized spacial score (nSPS) is 13.0. The highest BCUT2D eigenvalue weighted by Crippen LogP contribution is 2.38. The van der Waals surface area contributed by atoms with Crippen molar-refractivity contribution < 1.29 is 61.9 Å². The number of carboxylic acid groups (broad SMARTS) is 2. The first-order valence-electron chi connectivity index (χ1n) is 33.5. The molecule has 14 rings (SSSR count). The van der Waals surface area contributed by atoms with Crippen LogP contribution in [0, 0.1) is 57.3 Å². The summed E-state index contributed by atoms with van der Waals surface area (Å²) in [5, 5.41) is 42.3. The number of aryl methyl sites for hydroxylation is 2. The van der Waals surface area contributed by atoms with E-state index in [1.54, 1.807) is 44.4 Å². The quantitative estimate of drug-likeness (QED) is 0.0286. The standard InChI is InChI=1S/2C18H15FIN3O4.2C14H13FIN3O2.C4H6O4.C4H6O3.3CH4/c1-8-14(24)13-15(21(2)16(8)25)23(12-6-3-9(20)7-11(12)19)18(27)22(17(13)26)10-4-5-10;1-8-14(24)13-15(21(2)16(8)25)22(10-4-5-10)18(27)23(17(13)26)12-6-3-9(20)7-11(12)19;1-17-12-7-13(20)18(9-3-4-9)14(21)19(12)11-5-2-8(16)6-10(11)15;1-17-12-7-13(20)19(14(21)18(12)9-3-4-9)11-5-2-8(16)6-10(11)15;1-2(3(5)6)4(7)8;1-3(5)7-4(2)6;;;/h2*3,6-7,10,24H,4-5H2,1-2H3;2*2,5-7,9,17H,3-4H2,1H3;2H,1H3,(H,5,6)(H,7,8);1-2H3;3*1H4. The highest BCUT2D eigenvalue weighted by molar-refractivity contribution is 14.1. The number of aromatic hydroxyl groups is 2. The van der Waals surface area contributed by atoms with E-state index >= 15 is 0 Å². The summed E-state index contributed by atoms with van der Waals surface area (Å²) in [4.78, 5) is 166. The number of aromatic nitrogens is 10. The van der Waals surface area contributed by atoms with Gasteiger partial charge in [-0.25, -0.2) is 55.0 Å². The summed E-state index contributed by atoms with van der Waals surface area (Å²) in [7, 11) is 6.09. The molecule has 4 aliphatic carbocycles. The molecule has 0 spiro atoms. The molecule has 0 atom stereocenters. The predicted octanol–water partition coefficient (Wildman–Crippen LogP) is 9.92. The van der Waals surface area contributed by atoms with Crippen LogP contribution in [0.3, 0.4) is 0 Å². The molecule has 0 bridgehead atoms. The molecule has 10 aromatic rings. The van der Waals surface area contributed by atoms with Crippen LogP contribution in [0.1, 0.15) is 130 Å². The van der Waals surface area contributed by atoms with Gasteiger partial charge in [0.05, 0.1) is 33.9 Å². The second kappa shape index (κ2) is 37.9. The van der Waals surface area contributed by atoms with Crippen molar-refractivity contribution in [2.45, 2.75) is 132 Å². The summed E-state index contributed by atoms with van der Waals surface area (Å²) in [6.07, 6.45) is 6.11. The Morgan fingerprint density at radius 1 is 0.430 bits per heavy atom. The molecule has 4 aromatic carbocycles. The minimum Gasteiger partial charge on any atom is -0.506 e. The molecule has 6 N–H and O–H groups in total. The van der Waals surface area contributed by atoms with Crippen LogP contribution in [0.5, 0.6) is 11.5 Å². The van der Waals surface area contributed by atoms with Crippen molar-refractivity contribution in [2.75, 3.05) is 24.7 Å². The fraction of sp³-hybridized carbons (Fsp3) is 0.333. The first-order valence-corrected chi connectivity index (χ1v) is 37.8. The van der Waals surface area contributed by atoms with Crippen molar-refractivity contribution in [3.8, 4) is 34.2 Å². The molecular formula is C75H80F4I4N12O19. The summed E-state index contributed by atoms with van der Waals surface area (Å²) in [5.74, 6) is -7.72. The number of carboxylic acids is 2. The summed E-state index contributed by atoms with van der Waals surface area (Å²) in [6.45, 7) is 6.28. The molecule has 610 valence electrons. The van der Waals surface area contributed by atoms with Crippen LogP contribution in [-0.2, 0) is 38.0 Å². The van der Waals surface area contributed by atoms with Crippen LogP contribution in [-0.4, -0.2) is 104 Å². The van der Waals surface area contributed by atoms with Crippen LogP contribution >= 0.6 is 90.4 Å². The lowest BCUT2D eigenvalue weighted by atomic mass is 10.2. The van der Waals surface area contributed by atoms with Crippen LogP contribution in [0.25, 0.3) is 44.8 Å². The fourth-order valence-electron chi connectivity index (χ4n) is 11.6. The Morgan fingerprint density at radius 3 is 1.11 bits per heavy atom. The topological polar surface area (TPSA) is 402 Å². The van der Waals surface area contributed by atoms with E-state index in [1.165, 1.54) is 119 Å². The first-order chi connectivity index (χ1) is 52.2. The van der Waals surface area contributed by atoms with Gasteiger partial charge in [-0.2, -0.15) is 0 Å². The molecule has 39 heteroatoms. The Morgan fingerprint density at radius 2 is 0.746 bits per heavy atom. The third-order valence-corrected chi connectivity index (χ3v) is 20.4. The van der Waals surface area contributed by atoms with E-state index in [9.17, 15) is 94.9 Å². The van der Waals surface area contributed by atoms with Gasteiger partial charge in [0, 0.05) is 92.6 Å². The number of carbonyl (C=O) groups is 4. The Kier molecular flexibility index (Phi) is 30.9. The lowest BCUT2D eigenvalue weighted by molar-refractivity contribution is -0.157. The highest BCUT2D eigenvalue weighted by atomic mass is 127. The van der Waals surface area contributed by atoms with Gasteiger partial charge in [0.25, 0.3) is 33.4 Å². The van der Waals surface area contributed by atoms with Crippen LogP contribution < -0.4 is 66.7 Å². The molecule has 0 aliphatic heterocycles. The van der Waals surface area contributed by atoms with E-state index in [0.29, 0.717) is 42.2 Å². The number of nitrogens with zero attached hydrogens (tertiary/aromatic N) is 10. The molecule has 6 heterocycles. The highest BCUT2D eigenvalue weighted by Gasteiger charge is 2.36. The number of benzene rings is 4. The number of carbonyl (C=O) groups excluding carboxylic acids is 2. The van der Waals surface area contributed by atoms with E-state index in [2.05, 4.69) is 15.4 Å². The number of ether oxygens (including phenoxy) is 1. The average molecular weight is 2040 g/mol. The van der Waals surface area contributed by atoms with Crippen molar-refractivity contribution in [1.82, 2.24) is 45.7 Å². The zero-order chi connectivity index (χ0) is 82.1. The summed E-state index contributed by atoms with van der Waals surface area (Å²) in [5.41, 5.74) is -6.17. The molecule has 0 unspecified atom stereocenters. The van der Waals surface area contributed by atoms with Gasteiger partial charge in [0.2, 0.25) is 0 Å². The molecule has 0 radical (unpaired) electrons.